The van der Waals surface area contributed by atoms with Crippen molar-refractivity contribution in [3.05, 3.63) is 64.9 Å². The summed E-state index contributed by atoms with van der Waals surface area (Å²) in [5.74, 6) is -0.153. The second kappa shape index (κ2) is 6.87. The second-order valence-electron chi connectivity index (χ2n) is 6.33. The van der Waals surface area contributed by atoms with Crippen molar-refractivity contribution < 1.29 is 12.8 Å². The molecular weight excluding hydrogens is 395 g/mol. The number of aliphatic imine (C=N–C) groups is 1. The third kappa shape index (κ3) is 3.48. The molecule has 0 N–H and O–H groups in total. The highest BCUT2D eigenvalue weighted by atomic mass is 35.5. The Kier molecular flexibility index (Phi) is 4.71. The molecule has 0 saturated carbocycles. The Balaban J connectivity index is 1.69. The van der Waals surface area contributed by atoms with Crippen molar-refractivity contribution in [2.75, 3.05) is 16.4 Å². The third-order valence-electron chi connectivity index (χ3n) is 4.48. The summed E-state index contributed by atoms with van der Waals surface area (Å²) in [6, 6.07) is 13.9. The first-order valence-corrected chi connectivity index (χ1v) is 11.2. The van der Waals surface area contributed by atoms with Crippen LogP contribution in [0.2, 0.25) is 5.02 Å². The van der Waals surface area contributed by atoms with Crippen molar-refractivity contribution in [3.63, 3.8) is 0 Å². The molecule has 8 heteroatoms. The van der Waals surface area contributed by atoms with Crippen molar-refractivity contribution in [1.82, 2.24) is 0 Å². The van der Waals surface area contributed by atoms with E-state index in [9.17, 15) is 12.8 Å². The molecule has 0 unspecified atom stereocenters. The smallest absolute Gasteiger partial charge is 0.164 e. The molecule has 2 atom stereocenters. The Bertz CT molecular complexity index is 946. The number of thioether (sulfide) groups is 1. The number of sulfone groups is 1. The zero-order valence-corrected chi connectivity index (χ0v) is 16.1. The molecule has 1 fully saturated rings. The molecule has 2 aromatic rings. The van der Waals surface area contributed by atoms with Crippen LogP contribution in [-0.4, -0.2) is 36.4 Å². The number of nitrogens with zero attached hydrogens (tertiary/aromatic N) is 2. The molecule has 2 aliphatic rings. The minimum atomic E-state index is -3.02. The van der Waals surface area contributed by atoms with Gasteiger partial charge in [0.25, 0.3) is 0 Å². The first-order chi connectivity index (χ1) is 12.4. The van der Waals surface area contributed by atoms with Crippen molar-refractivity contribution >= 4 is 44.1 Å². The van der Waals surface area contributed by atoms with Crippen molar-refractivity contribution in [3.8, 4) is 0 Å². The number of rotatable bonds is 3. The van der Waals surface area contributed by atoms with E-state index < -0.39 is 9.84 Å². The molecular formula is C18H16ClFN2O2S2. The van der Waals surface area contributed by atoms with Gasteiger partial charge in [-0.1, -0.05) is 47.6 Å². The summed E-state index contributed by atoms with van der Waals surface area (Å²) in [5, 5.41) is 0.995. The summed E-state index contributed by atoms with van der Waals surface area (Å²) in [7, 11) is -3.02. The molecule has 4 rings (SSSR count). The standard InChI is InChI=1S/C18H16ClFN2O2S2/c19-14-7-4-8-15(20)13(14)9-22(12-5-2-1-3-6-12)18-21-16-10-26(23,24)11-17(16)25-18/h1-8,16-17H,9-11H2/t16-,17-/m0/s1. The van der Waals surface area contributed by atoms with E-state index in [4.69, 9.17) is 11.6 Å². The Morgan fingerprint density at radius 3 is 2.62 bits per heavy atom. The maximum atomic E-state index is 14.3. The van der Waals surface area contributed by atoms with E-state index in [1.807, 2.05) is 35.2 Å². The number of hydrogen-bond acceptors (Lipinski definition) is 5. The Morgan fingerprint density at radius 1 is 1.15 bits per heavy atom. The minimum Gasteiger partial charge on any atom is -0.317 e. The first-order valence-electron chi connectivity index (χ1n) is 8.13. The van der Waals surface area contributed by atoms with Gasteiger partial charge in [-0.3, -0.25) is 4.99 Å². The lowest BCUT2D eigenvalue weighted by atomic mass is 10.2. The number of amidine groups is 1. The van der Waals surface area contributed by atoms with E-state index in [1.165, 1.54) is 17.8 Å². The molecule has 0 radical (unpaired) electrons. The number of anilines is 1. The average Bonchev–Trinajstić information content (AvgIpc) is 3.08. The van der Waals surface area contributed by atoms with E-state index in [0.717, 1.165) is 5.69 Å². The van der Waals surface area contributed by atoms with Crippen LogP contribution in [-0.2, 0) is 16.4 Å². The summed E-state index contributed by atoms with van der Waals surface area (Å²) in [6.07, 6.45) is 0. The molecule has 0 aliphatic carbocycles. The molecule has 26 heavy (non-hydrogen) atoms. The minimum absolute atomic E-state index is 0.0719. The molecule has 4 nitrogen and oxygen atoms in total. The molecule has 0 amide bonds. The van der Waals surface area contributed by atoms with Crippen LogP contribution in [0, 0.1) is 5.82 Å². The lowest BCUT2D eigenvalue weighted by molar-refractivity contribution is 0.601. The lowest BCUT2D eigenvalue weighted by Gasteiger charge is -2.25. The Labute approximate surface area is 161 Å². The van der Waals surface area contributed by atoms with Gasteiger partial charge in [-0.2, -0.15) is 0 Å². The predicted octanol–water partition coefficient (Wildman–Crippen LogP) is 3.75. The van der Waals surface area contributed by atoms with Crippen LogP contribution in [0.4, 0.5) is 10.1 Å². The SMILES string of the molecule is O=S1(=O)C[C@@H]2N=C(N(Cc3c(F)cccc3Cl)c3ccccc3)S[C@H]2C1. The van der Waals surface area contributed by atoms with Crippen molar-refractivity contribution in [2.24, 2.45) is 4.99 Å². The lowest BCUT2D eigenvalue weighted by Crippen LogP contribution is -2.28. The topological polar surface area (TPSA) is 49.7 Å². The Hall–Kier alpha value is -1.57. The van der Waals surface area contributed by atoms with Crippen LogP contribution < -0.4 is 4.90 Å². The normalized spacial score (nSPS) is 23.5. The fourth-order valence-electron chi connectivity index (χ4n) is 3.19. The first kappa shape index (κ1) is 17.8. The van der Waals surface area contributed by atoms with E-state index >= 15 is 0 Å². The predicted molar refractivity (Wildman–Crippen MR) is 105 cm³/mol. The summed E-state index contributed by atoms with van der Waals surface area (Å²) in [4.78, 5) is 6.54. The van der Waals surface area contributed by atoms with Crippen molar-refractivity contribution in [1.29, 1.82) is 0 Å². The van der Waals surface area contributed by atoms with Gasteiger partial charge < -0.3 is 4.90 Å². The molecule has 2 heterocycles. The second-order valence-corrected chi connectivity index (χ2v) is 10.1. The van der Waals surface area contributed by atoms with E-state index in [1.54, 1.807) is 12.1 Å². The van der Waals surface area contributed by atoms with Crippen LogP contribution in [0.1, 0.15) is 5.56 Å². The fraction of sp³-hybridized carbons (Fsp3) is 0.278. The largest absolute Gasteiger partial charge is 0.317 e. The van der Waals surface area contributed by atoms with Crippen LogP contribution in [0.25, 0.3) is 0 Å². The molecule has 1 saturated heterocycles. The van der Waals surface area contributed by atoms with Gasteiger partial charge in [0.05, 0.1) is 24.1 Å². The quantitative estimate of drug-likeness (QED) is 0.773. The van der Waals surface area contributed by atoms with Gasteiger partial charge in [0.2, 0.25) is 0 Å². The van der Waals surface area contributed by atoms with Gasteiger partial charge in [0.1, 0.15) is 5.82 Å². The van der Waals surface area contributed by atoms with Gasteiger partial charge in [-0.15, -0.1) is 0 Å². The van der Waals surface area contributed by atoms with Crippen LogP contribution in [0.15, 0.2) is 53.5 Å². The number of halogens is 2. The van der Waals surface area contributed by atoms with Crippen LogP contribution in [0.3, 0.4) is 0 Å². The fourth-order valence-corrected chi connectivity index (χ4v) is 7.19. The van der Waals surface area contributed by atoms with Gasteiger partial charge in [0, 0.05) is 21.5 Å². The zero-order valence-electron chi connectivity index (χ0n) is 13.7. The number of hydrogen-bond donors (Lipinski definition) is 0. The summed E-state index contributed by atoms with van der Waals surface area (Å²) < 4.78 is 37.9. The summed E-state index contributed by atoms with van der Waals surface area (Å²) >= 11 is 7.66. The molecule has 2 aliphatic heterocycles. The van der Waals surface area contributed by atoms with Gasteiger partial charge in [0.15, 0.2) is 15.0 Å². The van der Waals surface area contributed by atoms with E-state index in [2.05, 4.69) is 4.99 Å². The number of fused-ring (bicyclic) bond motifs is 1. The van der Waals surface area contributed by atoms with Gasteiger partial charge >= 0.3 is 0 Å². The average molecular weight is 411 g/mol. The zero-order chi connectivity index (χ0) is 18.3. The summed E-state index contributed by atoms with van der Waals surface area (Å²) in [6.45, 7) is 0.230. The molecule has 2 aromatic carbocycles. The van der Waals surface area contributed by atoms with Gasteiger partial charge in [-0.25, -0.2) is 12.8 Å². The monoisotopic (exact) mass is 410 g/mol. The Morgan fingerprint density at radius 2 is 1.92 bits per heavy atom. The summed E-state index contributed by atoms with van der Waals surface area (Å²) in [5.41, 5.74) is 1.26. The van der Waals surface area contributed by atoms with Crippen LogP contribution >= 0.6 is 23.4 Å². The number of benzene rings is 2. The highest BCUT2D eigenvalue weighted by Gasteiger charge is 2.44. The van der Waals surface area contributed by atoms with Gasteiger partial charge in [-0.05, 0) is 24.3 Å². The highest BCUT2D eigenvalue weighted by molar-refractivity contribution is 8.15. The maximum absolute atomic E-state index is 14.3. The van der Waals surface area contributed by atoms with E-state index in [-0.39, 0.29) is 35.2 Å². The third-order valence-corrected chi connectivity index (χ3v) is 8.08. The maximum Gasteiger partial charge on any atom is 0.164 e. The molecule has 0 aromatic heterocycles. The van der Waals surface area contributed by atoms with Crippen molar-refractivity contribution in [2.45, 2.75) is 17.8 Å². The highest BCUT2D eigenvalue weighted by Crippen LogP contribution is 2.37. The van der Waals surface area contributed by atoms with Crippen LogP contribution in [0.5, 0.6) is 0 Å². The number of para-hydroxylation sites is 1. The molecule has 0 spiro atoms. The molecule has 0 bridgehead atoms. The molecule has 136 valence electrons. The van der Waals surface area contributed by atoms with E-state index in [0.29, 0.717) is 15.8 Å².